The van der Waals surface area contributed by atoms with Crippen LogP contribution in [0, 0.1) is 0 Å². The van der Waals surface area contributed by atoms with Gasteiger partial charge in [0.25, 0.3) is 0 Å². The Kier molecular flexibility index (Phi) is 4.12. The lowest BCUT2D eigenvalue weighted by atomic mass is 9.82. The fourth-order valence-corrected chi connectivity index (χ4v) is 1.84. The van der Waals surface area contributed by atoms with E-state index in [9.17, 15) is 14.7 Å². The largest absolute Gasteiger partial charge is 0.480 e. The summed E-state index contributed by atoms with van der Waals surface area (Å²) in [6, 6.07) is 7.03. The van der Waals surface area contributed by atoms with Gasteiger partial charge in [0.1, 0.15) is 5.54 Å². The molecular formula is C15H22N2O3. The molecule has 0 fully saturated rings. The molecule has 0 bridgehead atoms. The molecule has 1 rings (SSSR count). The predicted molar refractivity (Wildman–Crippen MR) is 78.4 cm³/mol. The van der Waals surface area contributed by atoms with Crippen molar-refractivity contribution in [1.82, 2.24) is 4.90 Å². The van der Waals surface area contributed by atoms with E-state index in [2.05, 4.69) is 0 Å². The predicted octanol–water partition coefficient (Wildman–Crippen LogP) is 1.87. The third kappa shape index (κ3) is 2.76. The maximum absolute atomic E-state index is 12.6. The summed E-state index contributed by atoms with van der Waals surface area (Å²) < 4.78 is 0. The van der Waals surface area contributed by atoms with Crippen LogP contribution in [0.1, 0.15) is 33.3 Å². The zero-order valence-corrected chi connectivity index (χ0v) is 12.6. The van der Waals surface area contributed by atoms with Gasteiger partial charge >= 0.3 is 5.97 Å². The minimum Gasteiger partial charge on any atom is -0.480 e. The maximum Gasteiger partial charge on any atom is 0.329 e. The van der Waals surface area contributed by atoms with Crippen LogP contribution >= 0.6 is 0 Å². The summed E-state index contributed by atoms with van der Waals surface area (Å²) in [6.45, 7) is 6.56. The number of nitrogen functional groups attached to an aromatic ring is 1. The second kappa shape index (κ2) is 5.15. The van der Waals surface area contributed by atoms with Crippen LogP contribution in [0.3, 0.4) is 0 Å². The van der Waals surface area contributed by atoms with E-state index in [-0.39, 0.29) is 5.91 Å². The number of carbonyl (C=O) groups excluding carboxylic acids is 1. The molecule has 0 saturated carbocycles. The van der Waals surface area contributed by atoms with Crippen molar-refractivity contribution in [3.05, 3.63) is 29.8 Å². The number of benzene rings is 1. The minimum atomic E-state index is -1.26. The number of carbonyl (C=O) groups is 2. The topological polar surface area (TPSA) is 83.6 Å². The number of amides is 1. The Morgan fingerprint density at radius 3 is 1.95 bits per heavy atom. The first-order valence-electron chi connectivity index (χ1n) is 6.39. The molecule has 20 heavy (non-hydrogen) atoms. The average Bonchev–Trinajstić information content (AvgIpc) is 2.37. The summed E-state index contributed by atoms with van der Waals surface area (Å²) in [5.74, 6) is -1.30. The molecule has 0 heterocycles. The molecule has 0 spiro atoms. The van der Waals surface area contributed by atoms with Gasteiger partial charge in [-0.2, -0.15) is 0 Å². The van der Waals surface area contributed by atoms with Crippen molar-refractivity contribution < 1.29 is 14.7 Å². The van der Waals surface area contributed by atoms with Crippen molar-refractivity contribution >= 4 is 17.6 Å². The van der Waals surface area contributed by atoms with Crippen LogP contribution in [0.2, 0.25) is 0 Å². The fraction of sp³-hybridized carbons (Fsp3) is 0.467. The number of anilines is 1. The van der Waals surface area contributed by atoms with Crippen molar-refractivity contribution in [2.45, 2.75) is 38.6 Å². The Hall–Kier alpha value is -2.04. The number of nitrogens with zero attached hydrogens (tertiary/aromatic N) is 1. The number of hydrogen-bond donors (Lipinski definition) is 2. The molecule has 0 aliphatic carbocycles. The second-order valence-corrected chi connectivity index (χ2v) is 5.98. The monoisotopic (exact) mass is 278 g/mol. The molecule has 0 aliphatic heterocycles. The first-order chi connectivity index (χ1) is 9.01. The molecule has 1 aromatic rings. The van der Waals surface area contributed by atoms with Gasteiger partial charge in [-0.3, -0.25) is 4.79 Å². The van der Waals surface area contributed by atoms with Gasteiger partial charge in [0.2, 0.25) is 5.91 Å². The van der Waals surface area contributed by atoms with Crippen LogP contribution in [0.4, 0.5) is 5.69 Å². The van der Waals surface area contributed by atoms with E-state index >= 15 is 0 Å². The highest BCUT2D eigenvalue weighted by Crippen LogP contribution is 2.28. The number of nitrogens with two attached hydrogens (primary N) is 1. The number of aliphatic carboxylic acids is 1. The Morgan fingerprint density at radius 2 is 1.55 bits per heavy atom. The zero-order chi connectivity index (χ0) is 15.7. The van der Waals surface area contributed by atoms with Gasteiger partial charge < -0.3 is 15.7 Å². The van der Waals surface area contributed by atoms with Crippen LogP contribution in [-0.4, -0.2) is 34.5 Å². The molecule has 110 valence electrons. The lowest BCUT2D eigenvalue weighted by molar-refractivity contribution is -0.157. The van der Waals surface area contributed by atoms with E-state index in [1.165, 1.54) is 25.8 Å². The number of hydrogen-bond acceptors (Lipinski definition) is 3. The van der Waals surface area contributed by atoms with Gasteiger partial charge in [-0.25, -0.2) is 4.79 Å². The van der Waals surface area contributed by atoms with Gasteiger partial charge in [-0.05, 0) is 45.4 Å². The number of carboxylic acid groups (broad SMARTS) is 1. The molecule has 1 aromatic carbocycles. The fourth-order valence-electron chi connectivity index (χ4n) is 1.84. The summed E-state index contributed by atoms with van der Waals surface area (Å²) in [7, 11) is 1.51. The zero-order valence-electron chi connectivity index (χ0n) is 12.6. The van der Waals surface area contributed by atoms with Crippen LogP contribution in [0.15, 0.2) is 24.3 Å². The van der Waals surface area contributed by atoms with E-state index in [0.29, 0.717) is 5.69 Å². The van der Waals surface area contributed by atoms with Gasteiger partial charge in [0, 0.05) is 12.7 Å². The quantitative estimate of drug-likeness (QED) is 0.823. The normalized spacial score (nSPS) is 12.1. The van der Waals surface area contributed by atoms with Crippen LogP contribution in [0.5, 0.6) is 0 Å². The highest BCUT2D eigenvalue weighted by molar-refractivity contribution is 5.92. The van der Waals surface area contributed by atoms with E-state index in [0.717, 1.165) is 5.56 Å². The summed E-state index contributed by atoms with van der Waals surface area (Å²) >= 11 is 0. The number of likely N-dealkylation sites (N-methyl/N-ethyl adjacent to an activating group) is 1. The van der Waals surface area contributed by atoms with Crippen LogP contribution in [-0.2, 0) is 15.0 Å². The van der Waals surface area contributed by atoms with E-state index in [4.69, 9.17) is 5.73 Å². The number of carboxylic acids is 1. The molecule has 0 saturated heterocycles. The molecule has 0 aliphatic rings. The average molecular weight is 278 g/mol. The molecule has 0 aromatic heterocycles. The van der Waals surface area contributed by atoms with Crippen molar-refractivity contribution in [1.29, 1.82) is 0 Å². The summed E-state index contributed by atoms with van der Waals surface area (Å²) in [5, 5.41) is 9.22. The molecule has 3 N–H and O–H groups in total. The highest BCUT2D eigenvalue weighted by atomic mass is 16.4. The Bertz CT molecular complexity index is 518. The lowest BCUT2D eigenvalue weighted by Crippen LogP contribution is -2.55. The summed E-state index contributed by atoms with van der Waals surface area (Å²) in [4.78, 5) is 25.2. The van der Waals surface area contributed by atoms with E-state index in [1.54, 1.807) is 38.1 Å². The minimum absolute atomic E-state index is 0.255. The third-order valence-electron chi connectivity index (χ3n) is 3.83. The molecule has 0 unspecified atom stereocenters. The van der Waals surface area contributed by atoms with Crippen molar-refractivity contribution in [2.24, 2.45) is 0 Å². The van der Waals surface area contributed by atoms with Crippen molar-refractivity contribution in [2.75, 3.05) is 12.8 Å². The van der Waals surface area contributed by atoms with E-state index in [1.807, 2.05) is 0 Å². The van der Waals surface area contributed by atoms with Crippen molar-refractivity contribution in [3.63, 3.8) is 0 Å². The SMILES string of the molecule is CN(C(=O)C(C)(C)c1ccc(N)cc1)C(C)(C)C(=O)O. The summed E-state index contributed by atoms with van der Waals surface area (Å²) in [5.41, 5.74) is 4.97. The van der Waals surface area contributed by atoms with Gasteiger partial charge in [-0.15, -0.1) is 0 Å². The number of rotatable bonds is 4. The molecule has 5 heteroatoms. The molecule has 0 atom stereocenters. The van der Waals surface area contributed by atoms with Crippen molar-refractivity contribution in [3.8, 4) is 0 Å². The van der Waals surface area contributed by atoms with E-state index < -0.39 is 16.9 Å². The summed E-state index contributed by atoms with van der Waals surface area (Å²) in [6.07, 6.45) is 0. The third-order valence-corrected chi connectivity index (χ3v) is 3.83. The Morgan fingerprint density at radius 1 is 1.10 bits per heavy atom. The standard InChI is InChI=1S/C15H22N2O3/c1-14(2,10-6-8-11(16)9-7-10)12(18)17(5)15(3,4)13(19)20/h6-9H,16H2,1-5H3,(H,19,20). The molecule has 5 nitrogen and oxygen atoms in total. The highest BCUT2D eigenvalue weighted by Gasteiger charge is 2.41. The molecular weight excluding hydrogens is 256 g/mol. The maximum atomic E-state index is 12.6. The van der Waals surface area contributed by atoms with Gasteiger partial charge in [0.15, 0.2) is 0 Å². The first kappa shape index (κ1) is 16.0. The van der Waals surface area contributed by atoms with Crippen LogP contribution < -0.4 is 5.73 Å². The molecule has 0 radical (unpaired) electrons. The van der Waals surface area contributed by atoms with Crippen LogP contribution in [0.25, 0.3) is 0 Å². The van der Waals surface area contributed by atoms with Gasteiger partial charge in [-0.1, -0.05) is 12.1 Å². The molecule has 1 amide bonds. The Labute approximate surface area is 119 Å². The Balaban J connectivity index is 3.12. The smallest absolute Gasteiger partial charge is 0.329 e. The second-order valence-electron chi connectivity index (χ2n) is 5.98. The van der Waals surface area contributed by atoms with Gasteiger partial charge in [0.05, 0.1) is 5.41 Å². The lowest BCUT2D eigenvalue weighted by Gasteiger charge is -2.37. The first-order valence-corrected chi connectivity index (χ1v) is 6.39.